The first-order chi connectivity index (χ1) is 10.2. The van der Waals surface area contributed by atoms with Gasteiger partial charge < -0.3 is 10.1 Å². The van der Waals surface area contributed by atoms with Crippen LogP contribution in [0.4, 0.5) is 0 Å². The number of amides is 1. The van der Waals surface area contributed by atoms with Gasteiger partial charge in [-0.15, -0.1) is 0 Å². The maximum atomic E-state index is 11.7. The summed E-state index contributed by atoms with van der Waals surface area (Å²) in [4.78, 5) is 11.7. The molecule has 0 unspecified atom stereocenters. The molecule has 0 spiro atoms. The van der Waals surface area contributed by atoms with E-state index in [1.807, 2.05) is 30.3 Å². The van der Waals surface area contributed by atoms with Crippen molar-refractivity contribution in [3.05, 3.63) is 64.1 Å². The smallest absolute Gasteiger partial charge is 0.258 e. The van der Waals surface area contributed by atoms with Gasteiger partial charge in [-0.25, -0.2) is 0 Å². The van der Waals surface area contributed by atoms with E-state index in [-0.39, 0.29) is 12.5 Å². The van der Waals surface area contributed by atoms with Crippen LogP contribution in [0.5, 0.6) is 5.75 Å². The molecule has 0 saturated carbocycles. The average Bonchev–Trinajstić information content (AvgIpc) is 2.53. The van der Waals surface area contributed by atoms with Gasteiger partial charge in [-0.1, -0.05) is 28.1 Å². The highest BCUT2D eigenvalue weighted by Gasteiger charge is 2.03. The number of hydrogen-bond donors (Lipinski definition) is 1. The van der Waals surface area contributed by atoms with Crippen LogP contribution in [0.15, 0.2) is 53.0 Å². The highest BCUT2D eigenvalue weighted by molar-refractivity contribution is 9.10. The van der Waals surface area contributed by atoms with Gasteiger partial charge in [-0.2, -0.15) is 5.26 Å². The van der Waals surface area contributed by atoms with E-state index in [2.05, 4.69) is 21.2 Å². The lowest BCUT2D eigenvalue weighted by molar-refractivity contribution is -0.123. The number of carbonyl (C=O) groups is 1. The number of nitrogens with one attached hydrogen (secondary N) is 1. The van der Waals surface area contributed by atoms with E-state index < -0.39 is 0 Å². The number of halogens is 1. The molecule has 0 aliphatic rings. The largest absolute Gasteiger partial charge is 0.484 e. The van der Waals surface area contributed by atoms with Gasteiger partial charge in [0, 0.05) is 11.0 Å². The molecule has 2 rings (SSSR count). The van der Waals surface area contributed by atoms with Crippen LogP contribution in [-0.4, -0.2) is 12.5 Å². The molecule has 0 aliphatic heterocycles. The first-order valence-corrected chi connectivity index (χ1v) is 7.11. The second kappa shape index (κ2) is 7.46. The van der Waals surface area contributed by atoms with Gasteiger partial charge in [0.1, 0.15) is 5.75 Å². The van der Waals surface area contributed by atoms with Gasteiger partial charge >= 0.3 is 0 Å². The second-order valence-electron chi connectivity index (χ2n) is 4.33. The fourth-order valence-electron chi connectivity index (χ4n) is 1.63. The fourth-order valence-corrected chi connectivity index (χ4v) is 1.89. The molecule has 4 nitrogen and oxygen atoms in total. The Labute approximate surface area is 131 Å². The molecule has 0 aliphatic carbocycles. The summed E-state index contributed by atoms with van der Waals surface area (Å²) in [7, 11) is 0. The lowest BCUT2D eigenvalue weighted by atomic mass is 10.2. The van der Waals surface area contributed by atoms with Crippen molar-refractivity contribution in [1.29, 1.82) is 5.26 Å². The normalized spacial score (nSPS) is 9.71. The van der Waals surface area contributed by atoms with Crippen LogP contribution in [0, 0.1) is 11.3 Å². The van der Waals surface area contributed by atoms with E-state index in [9.17, 15) is 4.79 Å². The zero-order chi connectivity index (χ0) is 15.1. The SMILES string of the molecule is N#Cc1ccc(OCC(=O)NCc2ccc(Br)cc2)cc1. The van der Waals surface area contributed by atoms with Crippen LogP contribution >= 0.6 is 15.9 Å². The molecule has 0 bridgehead atoms. The summed E-state index contributed by atoms with van der Waals surface area (Å²) < 4.78 is 6.35. The summed E-state index contributed by atoms with van der Waals surface area (Å²) in [5.74, 6) is 0.370. The summed E-state index contributed by atoms with van der Waals surface area (Å²) in [5.41, 5.74) is 1.58. The number of nitrogens with zero attached hydrogens (tertiary/aromatic N) is 1. The minimum absolute atomic E-state index is 0.0531. The standard InChI is InChI=1S/C16H13BrN2O2/c17-14-5-1-13(2-6-14)10-19-16(20)11-21-15-7-3-12(9-18)4-8-15/h1-8H,10-11H2,(H,19,20). The third-order valence-corrected chi connectivity index (χ3v) is 3.28. The van der Waals surface area contributed by atoms with Gasteiger partial charge in [0.25, 0.3) is 5.91 Å². The van der Waals surface area contributed by atoms with E-state index >= 15 is 0 Å². The van der Waals surface area contributed by atoms with E-state index in [4.69, 9.17) is 10.00 Å². The van der Waals surface area contributed by atoms with Crippen LogP contribution < -0.4 is 10.1 Å². The van der Waals surface area contributed by atoms with Crippen molar-refractivity contribution in [2.45, 2.75) is 6.54 Å². The second-order valence-corrected chi connectivity index (χ2v) is 5.24. The van der Waals surface area contributed by atoms with Crippen LogP contribution in [0.3, 0.4) is 0 Å². The Morgan fingerprint density at radius 3 is 2.43 bits per heavy atom. The van der Waals surface area contributed by atoms with Gasteiger partial charge in [0.05, 0.1) is 11.6 Å². The summed E-state index contributed by atoms with van der Waals surface area (Å²) in [6.07, 6.45) is 0. The minimum atomic E-state index is -0.192. The predicted octanol–water partition coefficient (Wildman–Crippen LogP) is 3.02. The van der Waals surface area contributed by atoms with Gasteiger partial charge in [0.15, 0.2) is 6.61 Å². The Morgan fingerprint density at radius 2 is 1.81 bits per heavy atom. The number of benzene rings is 2. The number of hydrogen-bond acceptors (Lipinski definition) is 3. The molecular formula is C16H13BrN2O2. The van der Waals surface area contributed by atoms with Crippen molar-refractivity contribution in [3.63, 3.8) is 0 Å². The Kier molecular flexibility index (Phi) is 5.35. The molecule has 0 saturated heterocycles. The van der Waals surface area contributed by atoms with Crippen molar-refractivity contribution in [2.24, 2.45) is 0 Å². The molecular weight excluding hydrogens is 332 g/mol. The van der Waals surface area contributed by atoms with Crippen LogP contribution in [0.2, 0.25) is 0 Å². The highest BCUT2D eigenvalue weighted by Crippen LogP contribution is 2.12. The van der Waals surface area contributed by atoms with Crippen LogP contribution in [0.25, 0.3) is 0 Å². The quantitative estimate of drug-likeness (QED) is 0.906. The van der Waals surface area contributed by atoms with Gasteiger partial charge in [-0.05, 0) is 42.0 Å². The lowest BCUT2D eigenvalue weighted by Crippen LogP contribution is -2.28. The van der Waals surface area contributed by atoms with Crippen LogP contribution in [0.1, 0.15) is 11.1 Å². The third-order valence-electron chi connectivity index (χ3n) is 2.76. The van der Waals surface area contributed by atoms with E-state index in [0.717, 1.165) is 10.0 Å². The highest BCUT2D eigenvalue weighted by atomic mass is 79.9. The van der Waals surface area contributed by atoms with Crippen molar-refractivity contribution in [3.8, 4) is 11.8 Å². The topological polar surface area (TPSA) is 62.1 Å². The number of rotatable bonds is 5. The summed E-state index contributed by atoms with van der Waals surface area (Å²) in [5, 5.41) is 11.5. The molecule has 21 heavy (non-hydrogen) atoms. The molecule has 106 valence electrons. The third kappa shape index (κ3) is 4.93. The number of ether oxygens (including phenoxy) is 1. The molecule has 0 heterocycles. The lowest BCUT2D eigenvalue weighted by Gasteiger charge is -2.07. The monoisotopic (exact) mass is 344 g/mol. The van der Waals surface area contributed by atoms with E-state index in [1.165, 1.54) is 0 Å². The van der Waals surface area contributed by atoms with Gasteiger partial charge in [-0.3, -0.25) is 4.79 Å². The van der Waals surface area contributed by atoms with Crippen molar-refractivity contribution in [1.82, 2.24) is 5.32 Å². The Morgan fingerprint density at radius 1 is 1.14 bits per heavy atom. The molecule has 0 atom stereocenters. The summed E-state index contributed by atoms with van der Waals surface area (Å²) in [6.45, 7) is 0.408. The molecule has 0 aromatic heterocycles. The molecule has 0 radical (unpaired) electrons. The predicted molar refractivity (Wildman–Crippen MR) is 82.6 cm³/mol. The molecule has 2 aromatic rings. The van der Waals surface area contributed by atoms with E-state index in [0.29, 0.717) is 17.9 Å². The number of nitriles is 1. The number of carbonyl (C=O) groups excluding carboxylic acids is 1. The molecule has 1 N–H and O–H groups in total. The van der Waals surface area contributed by atoms with Crippen molar-refractivity contribution in [2.75, 3.05) is 6.61 Å². The molecule has 2 aromatic carbocycles. The fraction of sp³-hybridized carbons (Fsp3) is 0.125. The maximum Gasteiger partial charge on any atom is 0.258 e. The summed E-state index contributed by atoms with van der Waals surface area (Å²) in [6, 6.07) is 16.4. The van der Waals surface area contributed by atoms with Crippen LogP contribution in [-0.2, 0) is 11.3 Å². The summed E-state index contributed by atoms with van der Waals surface area (Å²) >= 11 is 3.36. The Bertz CT molecular complexity index is 645. The van der Waals surface area contributed by atoms with Gasteiger partial charge in [0.2, 0.25) is 0 Å². The molecule has 5 heteroatoms. The Hall–Kier alpha value is -2.32. The molecule has 1 amide bonds. The Balaban J connectivity index is 1.76. The zero-order valence-electron chi connectivity index (χ0n) is 11.2. The molecule has 0 fully saturated rings. The first-order valence-electron chi connectivity index (χ1n) is 6.31. The van der Waals surface area contributed by atoms with Crippen molar-refractivity contribution < 1.29 is 9.53 Å². The average molecular weight is 345 g/mol. The minimum Gasteiger partial charge on any atom is -0.484 e. The first kappa shape index (κ1) is 15.1. The van der Waals surface area contributed by atoms with Crippen molar-refractivity contribution >= 4 is 21.8 Å². The maximum absolute atomic E-state index is 11.7. The van der Waals surface area contributed by atoms with E-state index in [1.54, 1.807) is 24.3 Å². The zero-order valence-corrected chi connectivity index (χ0v) is 12.8.